The number of anilines is 1. The van der Waals surface area contributed by atoms with Gasteiger partial charge in [-0.25, -0.2) is 4.67 Å². The molecular formula is C27H25N2OP. The van der Waals surface area contributed by atoms with Crippen molar-refractivity contribution in [1.29, 1.82) is 0 Å². The maximum absolute atomic E-state index is 6.91. The summed E-state index contributed by atoms with van der Waals surface area (Å²) in [5, 5.41) is 2.52. The first-order chi connectivity index (χ1) is 15.4. The van der Waals surface area contributed by atoms with Crippen LogP contribution in [0.15, 0.2) is 97.1 Å². The summed E-state index contributed by atoms with van der Waals surface area (Å²) in [5.74, 6) is 0.971. The smallest absolute Gasteiger partial charge is 0.279 e. The fourth-order valence-electron chi connectivity index (χ4n) is 4.86. The van der Waals surface area contributed by atoms with Crippen LogP contribution in [-0.2, 0) is 0 Å². The number of nitrogens with zero attached hydrogens (tertiary/aromatic N) is 2. The Labute approximate surface area is 184 Å². The summed E-state index contributed by atoms with van der Waals surface area (Å²) in [6.45, 7) is 2.17. The lowest BCUT2D eigenvalue weighted by atomic mass is 9.98. The van der Waals surface area contributed by atoms with Crippen LogP contribution >= 0.6 is 8.45 Å². The maximum atomic E-state index is 6.91. The highest BCUT2D eigenvalue weighted by Gasteiger charge is 2.45. The third-order valence-corrected chi connectivity index (χ3v) is 8.49. The van der Waals surface area contributed by atoms with E-state index in [0.717, 1.165) is 24.4 Å². The van der Waals surface area contributed by atoms with Gasteiger partial charge in [-0.05, 0) is 47.4 Å². The van der Waals surface area contributed by atoms with E-state index in [1.807, 2.05) is 0 Å². The fraction of sp³-hybridized carbons (Fsp3) is 0.185. The van der Waals surface area contributed by atoms with Crippen LogP contribution < -0.4 is 9.19 Å². The second-order valence-electron chi connectivity index (χ2n) is 8.24. The summed E-state index contributed by atoms with van der Waals surface area (Å²) in [4.78, 5) is 0. The number of benzene rings is 4. The van der Waals surface area contributed by atoms with Gasteiger partial charge in [0.2, 0.25) is 0 Å². The van der Waals surface area contributed by atoms with Gasteiger partial charge in [-0.2, -0.15) is 0 Å². The van der Waals surface area contributed by atoms with Crippen molar-refractivity contribution < 1.29 is 4.52 Å². The lowest BCUT2D eigenvalue weighted by molar-refractivity contribution is 0.432. The number of hydrogen-bond acceptors (Lipinski definition) is 3. The molecule has 2 atom stereocenters. The molecule has 31 heavy (non-hydrogen) atoms. The topological polar surface area (TPSA) is 15.7 Å². The predicted molar refractivity (Wildman–Crippen MR) is 130 cm³/mol. The quantitative estimate of drug-likeness (QED) is 0.325. The van der Waals surface area contributed by atoms with E-state index in [9.17, 15) is 0 Å². The van der Waals surface area contributed by atoms with Gasteiger partial charge in [-0.15, -0.1) is 0 Å². The first-order valence-electron chi connectivity index (χ1n) is 11.0. The van der Waals surface area contributed by atoms with Gasteiger partial charge in [0.25, 0.3) is 8.45 Å². The van der Waals surface area contributed by atoms with Crippen LogP contribution in [0.4, 0.5) is 5.69 Å². The molecule has 6 rings (SSSR count). The van der Waals surface area contributed by atoms with E-state index in [1.165, 1.54) is 34.9 Å². The molecule has 0 amide bonds. The Morgan fingerprint density at radius 3 is 2.42 bits per heavy atom. The van der Waals surface area contributed by atoms with E-state index in [1.54, 1.807) is 0 Å². The highest BCUT2D eigenvalue weighted by Crippen LogP contribution is 2.57. The molecule has 0 spiro atoms. The van der Waals surface area contributed by atoms with Gasteiger partial charge in [0.1, 0.15) is 5.75 Å². The standard InChI is InChI=1S/C27H25N2OP/c1-2-12-22(13-3-1)29-20-23-14-9-19-28(23)31(29)30-27-18-7-6-16-26(27)25-17-8-11-21-10-4-5-15-24(21)25/h1-8,10-13,15-18,23H,9,14,19-20H2/t23-,31?/m0/s1. The minimum absolute atomic E-state index is 0.594. The molecule has 0 radical (unpaired) electrons. The van der Waals surface area contributed by atoms with Crippen molar-refractivity contribution in [2.75, 3.05) is 17.8 Å². The van der Waals surface area contributed by atoms with Crippen LogP contribution in [0.1, 0.15) is 12.8 Å². The molecule has 2 fully saturated rings. The maximum Gasteiger partial charge on any atom is 0.279 e. The van der Waals surface area contributed by atoms with Crippen molar-refractivity contribution in [2.24, 2.45) is 0 Å². The molecule has 0 N–H and O–H groups in total. The van der Waals surface area contributed by atoms with Gasteiger partial charge in [-0.3, -0.25) is 0 Å². The minimum Gasteiger partial charge on any atom is -0.440 e. The van der Waals surface area contributed by atoms with E-state index >= 15 is 0 Å². The molecule has 2 heterocycles. The lowest BCUT2D eigenvalue weighted by Gasteiger charge is -2.30. The van der Waals surface area contributed by atoms with Crippen molar-refractivity contribution in [2.45, 2.75) is 18.9 Å². The third kappa shape index (κ3) is 3.39. The van der Waals surface area contributed by atoms with Crippen LogP contribution in [0.25, 0.3) is 21.9 Å². The zero-order valence-electron chi connectivity index (χ0n) is 17.4. The summed E-state index contributed by atoms with van der Waals surface area (Å²) >= 11 is 0. The van der Waals surface area contributed by atoms with Crippen LogP contribution in [0.5, 0.6) is 5.75 Å². The Balaban J connectivity index is 1.41. The average Bonchev–Trinajstić information content (AvgIpc) is 3.42. The van der Waals surface area contributed by atoms with E-state index < -0.39 is 8.45 Å². The van der Waals surface area contributed by atoms with Crippen LogP contribution in [0.3, 0.4) is 0 Å². The van der Waals surface area contributed by atoms with Crippen molar-refractivity contribution in [3.05, 3.63) is 97.1 Å². The number of hydrogen-bond donors (Lipinski definition) is 0. The number of fused-ring (bicyclic) bond motifs is 2. The molecule has 1 unspecified atom stereocenters. The molecule has 3 nitrogen and oxygen atoms in total. The Morgan fingerprint density at radius 1 is 0.742 bits per heavy atom. The fourth-order valence-corrected chi connectivity index (χ4v) is 7.12. The highest BCUT2D eigenvalue weighted by molar-refractivity contribution is 7.52. The Morgan fingerprint density at radius 2 is 1.48 bits per heavy atom. The monoisotopic (exact) mass is 424 g/mol. The molecule has 2 saturated heterocycles. The molecule has 4 heteroatoms. The SMILES string of the molecule is c1ccc(N2C[C@@H]3CCCN3P2Oc2ccccc2-c2cccc3ccccc23)cc1. The second kappa shape index (κ2) is 8.00. The van der Waals surface area contributed by atoms with Crippen molar-refractivity contribution in [3.8, 4) is 16.9 Å². The highest BCUT2D eigenvalue weighted by atomic mass is 31.2. The van der Waals surface area contributed by atoms with Gasteiger partial charge in [-0.1, -0.05) is 78.9 Å². The first-order valence-corrected chi connectivity index (χ1v) is 12.2. The van der Waals surface area contributed by atoms with Gasteiger partial charge >= 0.3 is 0 Å². The molecule has 2 aliphatic rings. The predicted octanol–water partition coefficient (Wildman–Crippen LogP) is 7.10. The second-order valence-corrected chi connectivity index (χ2v) is 9.93. The molecule has 0 bridgehead atoms. The molecule has 4 aromatic rings. The van der Waals surface area contributed by atoms with E-state index in [0.29, 0.717) is 6.04 Å². The Kier molecular flexibility index (Phi) is 4.87. The van der Waals surface area contributed by atoms with Crippen molar-refractivity contribution in [1.82, 2.24) is 4.67 Å². The normalized spacial score (nSPS) is 20.8. The Bertz CT molecular complexity index is 1210. The number of rotatable bonds is 4. The Hall–Kier alpha value is -2.87. The third-order valence-electron chi connectivity index (χ3n) is 6.36. The van der Waals surface area contributed by atoms with E-state index in [4.69, 9.17) is 4.52 Å². The first kappa shape index (κ1) is 18.9. The van der Waals surface area contributed by atoms with E-state index in [-0.39, 0.29) is 0 Å². The number of para-hydroxylation sites is 2. The van der Waals surface area contributed by atoms with Gasteiger partial charge in [0.15, 0.2) is 0 Å². The van der Waals surface area contributed by atoms with Crippen LogP contribution in [-0.4, -0.2) is 23.8 Å². The molecule has 2 aliphatic heterocycles. The lowest BCUT2D eigenvalue weighted by Crippen LogP contribution is -2.20. The van der Waals surface area contributed by atoms with Crippen molar-refractivity contribution in [3.63, 3.8) is 0 Å². The van der Waals surface area contributed by atoms with Crippen LogP contribution in [0, 0.1) is 0 Å². The summed E-state index contributed by atoms with van der Waals surface area (Å²) in [6, 6.07) is 35.0. The molecule has 4 aromatic carbocycles. The average molecular weight is 424 g/mol. The van der Waals surface area contributed by atoms with Gasteiger partial charge in [0.05, 0.1) is 0 Å². The zero-order valence-corrected chi connectivity index (χ0v) is 18.3. The van der Waals surface area contributed by atoms with Gasteiger partial charge in [0, 0.05) is 30.4 Å². The largest absolute Gasteiger partial charge is 0.440 e. The summed E-state index contributed by atoms with van der Waals surface area (Å²) in [6.07, 6.45) is 2.52. The molecular weight excluding hydrogens is 399 g/mol. The zero-order chi connectivity index (χ0) is 20.6. The summed E-state index contributed by atoms with van der Waals surface area (Å²) in [5.41, 5.74) is 3.65. The molecule has 0 aromatic heterocycles. The van der Waals surface area contributed by atoms with Gasteiger partial charge < -0.3 is 9.19 Å². The van der Waals surface area contributed by atoms with Crippen molar-refractivity contribution >= 4 is 24.9 Å². The summed E-state index contributed by atoms with van der Waals surface area (Å²) in [7, 11) is -0.885. The molecule has 0 saturated carbocycles. The molecule has 154 valence electrons. The molecule has 0 aliphatic carbocycles. The summed E-state index contributed by atoms with van der Waals surface area (Å²) < 4.78 is 12.0. The minimum atomic E-state index is -0.885. The van der Waals surface area contributed by atoms with Crippen LogP contribution in [0.2, 0.25) is 0 Å². The van der Waals surface area contributed by atoms with E-state index in [2.05, 4.69) is 106 Å².